The minimum atomic E-state index is -0.940. The van der Waals surface area contributed by atoms with Crippen molar-refractivity contribution in [2.24, 2.45) is 17.3 Å². The Bertz CT molecular complexity index is 1370. The van der Waals surface area contributed by atoms with Gasteiger partial charge in [0.1, 0.15) is 36.3 Å². The van der Waals surface area contributed by atoms with Crippen molar-refractivity contribution in [3.63, 3.8) is 0 Å². The molecule has 0 aromatic rings. The van der Waals surface area contributed by atoms with Gasteiger partial charge < -0.3 is 52.8 Å². The Morgan fingerprint density at radius 1 is 0.811 bits per heavy atom. The third-order valence-corrected chi connectivity index (χ3v) is 15.0. The van der Waals surface area contributed by atoms with Gasteiger partial charge in [-0.1, -0.05) is 27.4 Å². The number of carbonyl (C=O) groups excluding carboxylic acids is 1. The number of ketones is 1. The van der Waals surface area contributed by atoms with Gasteiger partial charge in [-0.3, -0.25) is 4.79 Å². The third kappa shape index (κ3) is 6.81. The summed E-state index contributed by atoms with van der Waals surface area (Å²) in [5.74, 6) is -0.519. The van der Waals surface area contributed by atoms with Crippen molar-refractivity contribution in [2.75, 3.05) is 13.7 Å². The van der Waals surface area contributed by atoms with Crippen molar-refractivity contribution in [1.29, 1.82) is 0 Å². The molecule has 0 aliphatic carbocycles. The Morgan fingerprint density at radius 3 is 2.38 bits per heavy atom. The van der Waals surface area contributed by atoms with Gasteiger partial charge in [-0.2, -0.15) is 0 Å². The molecule has 19 atom stereocenters. The van der Waals surface area contributed by atoms with Crippen LogP contribution in [0.3, 0.4) is 0 Å². The maximum atomic E-state index is 14.1. The molecule has 0 aromatic carbocycles. The van der Waals surface area contributed by atoms with E-state index in [2.05, 4.69) is 27.4 Å². The molecule has 10 aliphatic rings. The van der Waals surface area contributed by atoms with Crippen LogP contribution in [-0.2, 0) is 47.4 Å². The van der Waals surface area contributed by atoms with Crippen LogP contribution in [0.25, 0.3) is 0 Å². The summed E-state index contributed by atoms with van der Waals surface area (Å²) in [7, 11) is 1.65. The average molecular weight is 747 g/mol. The monoisotopic (exact) mass is 746 g/mol. The second-order valence-corrected chi connectivity index (χ2v) is 18.6. The van der Waals surface area contributed by atoms with E-state index in [0.717, 1.165) is 50.5 Å². The number of aliphatic hydroxyl groups excluding tert-OH is 2. The van der Waals surface area contributed by atoms with Crippen LogP contribution in [0.4, 0.5) is 0 Å². The van der Waals surface area contributed by atoms with Crippen molar-refractivity contribution in [3.8, 4) is 0 Å². The van der Waals surface area contributed by atoms with Gasteiger partial charge in [0.05, 0.1) is 73.8 Å². The summed E-state index contributed by atoms with van der Waals surface area (Å²) in [5.41, 5.74) is 1.02. The van der Waals surface area contributed by atoms with E-state index in [1.165, 1.54) is 0 Å². The fourth-order valence-electron chi connectivity index (χ4n) is 11.7. The Hall–Kier alpha value is -1.03. The molecule has 12 nitrogen and oxygen atoms in total. The van der Waals surface area contributed by atoms with E-state index >= 15 is 0 Å². The van der Waals surface area contributed by atoms with Gasteiger partial charge in [-0.25, -0.2) is 0 Å². The summed E-state index contributed by atoms with van der Waals surface area (Å²) >= 11 is 0. The second kappa shape index (κ2) is 14.4. The molecule has 1 spiro atoms. The van der Waals surface area contributed by atoms with E-state index in [9.17, 15) is 15.0 Å². The van der Waals surface area contributed by atoms with Crippen LogP contribution in [0.1, 0.15) is 104 Å². The van der Waals surface area contributed by atoms with E-state index in [1.807, 2.05) is 0 Å². The first kappa shape index (κ1) is 37.5. The zero-order chi connectivity index (χ0) is 36.8. The number of methoxy groups -OCH3 is 1. The first-order valence-corrected chi connectivity index (χ1v) is 20.7. The molecule has 0 radical (unpaired) electrons. The number of Topliss-reactive ketones (excluding diaryl/α,β-unsaturated/α-hetero) is 1. The number of carbonyl (C=O) groups is 1. The Kier molecular flexibility index (Phi) is 10.2. The highest BCUT2D eigenvalue weighted by molar-refractivity contribution is 5.79. The number of hydrogen-bond acceptors (Lipinski definition) is 12. The fourth-order valence-corrected chi connectivity index (χ4v) is 11.7. The molecular formula is C41H62O12. The quantitative estimate of drug-likeness (QED) is 0.403. The molecule has 53 heavy (non-hydrogen) atoms. The fraction of sp³-hybridized carbons (Fsp3) is 0.927. The van der Waals surface area contributed by atoms with E-state index < -0.39 is 24.1 Å². The maximum absolute atomic E-state index is 14.1. The van der Waals surface area contributed by atoms with Gasteiger partial charge >= 0.3 is 0 Å². The zero-order valence-corrected chi connectivity index (χ0v) is 32.0. The molecule has 0 aromatic heterocycles. The van der Waals surface area contributed by atoms with Crippen molar-refractivity contribution in [2.45, 2.75) is 208 Å². The third-order valence-electron chi connectivity index (χ3n) is 15.0. The number of fused-ring (bicyclic) bond motifs is 6. The normalized spacial score (nSPS) is 52.6. The lowest BCUT2D eigenvalue weighted by Crippen LogP contribution is -2.61. The van der Waals surface area contributed by atoms with Gasteiger partial charge in [0.15, 0.2) is 5.79 Å². The van der Waals surface area contributed by atoms with E-state index in [0.29, 0.717) is 25.2 Å². The van der Waals surface area contributed by atoms with Gasteiger partial charge in [0, 0.05) is 51.6 Å². The highest BCUT2D eigenvalue weighted by Crippen LogP contribution is 2.55. The lowest BCUT2D eigenvalue weighted by atomic mass is 9.68. The number of hydrogen-bond donors (Lipinski definition) is 2. The first-order chi connectivity index (χ1) is 25.4. The molecule has 12 heteroatoms. The molecule has 298 valence electrons. The van der Waals surface area contributed by atoms with E-state index in [4.69, 9.17) is 42.6 Å². The van der Waals surface area contributed by atoms with E-state index in [1.54, 1.807) is 7.11 Å². The molecular weight excluding hydrogens is 684 g/mol. The average Bonchev–Trinajstić information content (AvgIpc) is 3.80. The van der Waals surface area contributed by atoms with Crippen LogP contribution in [0.5, 0.6) is 0 Å². The highest BCUT2D eigenvalue weighted by Gasteiger charge is 2.68. The first-order valence-electron chi connectivity index (χ1n) is 20.7. The van der Waals surface area contributed by atoms with Gasteiger partial charge in [-0.05, 0) is 61.9 Å². The van der Waals surface area contributed by atoms with E-state index in [-0.39, 0.29) is 122 Å². The summed E-state index contributed by atoms with van der Waals surface area (Å²) in [6.45, 7) is 11.0. The molecule has 0 saturated carbocycles. The summed E-state index contributed by atoms with van der Waals surface area (Å²) in [4.78, 5) is 14.1. The van der Waals surface area contributed by atoms with Crippen molar-refractivity contribution in [1.82, 2.24) is 0 Å². The smallest absolute Gasteiger partial charge is 0.172 e. The topological polar surface area (TPSA) is 141 Å². The molecule has 12 bridgehead atoms. The summed E-state index contributed by atoms with van der Waals surface area (Å²) in [5, 5.41) is 20.2. The molecule has 2 unspecified atom stereocenters. The maximum Gasteiger partial charge on any atom is 0.172 e. The van der Waals surface area contributed by atoms with Gasteiger partial charge in [0.2, 0.25) is 0 Å². The molecule has 10 aliphatic heterocycles. The van der Waals surface area contributed by atoms with Crippen LogP contribution in [0.15, 0.2) is 12.2 Å². The SMILES string of the molecule is C=C1C[C@@H]2CC[C@@]34C[C@H]5O[C@H]6[C@@H](O3)[C@H]3OC(CC[C@@H]3O[C@H]6[C@H]5O4)CC(=O)CC3[C@H](C[C@H]4O[C@@H](CC[C@@H]1O2)C[C@@H](C)C4(C)C)O[C@H](C[C@H](O)CO)[C@@H]3OC. The predicted octanol–water partition coefficient (Wildman–Crippen LogP) is 3.94. The zero-order valence-electron chi connectivity index (χ0n) is 32.0. The molecule has 10 saturated heterocycles. The van der Waals surface area contributed by atoms with Crippen LogP contribution in [-0.4, -0.2) is 133 Å². The van der Waals surface area contributed by atoms with Crippen LogP contribution in [0, 0.1) is 17.3 Å². The summed E-state index contributed by atoms with van der Waals surface area (Å²) in [6, 6.07) is 0. The molecule has 10 rings (SSSR count). The van der Waals surface area contributed by atoms with Crippen molar-refractivity contribution in [3.05, 3.63) is 12.2 Å². The number of aliphatic hydroxyl groups is 2. The Morgan fingerprint density at radius 2 is 1.57 bits per heavy atom. The summed E-state index contributed by atoms with van der Waals surface area (Å²) < 4.78 is 60.3. The molecule has 10 heterocycles. The summed E-state index contributed by atoms with van der Waals surface area (Å²) in [6.07, 6.45) is 4.65. The van der Waals surface area contributed by atoms with Crippen LogP contribution < -0.4 is 0 Å². The van der Waals surface area contributed by atoms with Crippen LogP contribution in [0.2, 0.25) is 0 Å². The molecule has 10 fully saturated rings. The second-order valence-electron chi connectivity index (χ2n) is 18.6. The minimum Gasteiger partial charge on any atom is -0.394 e. The molecule has 0 amide bonds. The standard InChI is InChI=1S/C41H62O12/c1-20-12-26-10-11-41-18-32-36(52-41)37-38(51-32)39(53-41)35-29(50-37)9-7-25(48-35)14-22(43)15-27-30(49-31(34(27)45-5)16-23(44)19-42)17-33-40(3,4)21(2)13-24(47-33)6-8-28(20)46-26/h21,23-39,42,44H,1,6-19H2,2-5H3/t21-,23+,24+,25?,26+,27?,28+,29+,30+,31-,32-,33-,34-,35+,36+,37+,38-,39+,41+/m1/s1. The highest BCUT2D eigenvalue weighted by atomic mass is 16.8. The van der Waals surface area contributed by atoms with Crippen LogP contribution >= 0.6 is 0 Å². The largest absolute Gasteiger partial charge is 0.394 e. The van der Waals surface area contributed by atoms with Crippen molar-refractivity contribution < 1.29 is 57.6 Å². The number of rotatable bonds is 4. The Labute approximate surface area is 313 Å². The Balaban J connectivity index is 1.00. The lowest BCUT2D eigenvalue weighted by molar-refractivity contribution is -0.292. The molecule has 2 N–H and O–H groups in total. The lowest BCUT2D eigenvalue weighted by Gasteiger charge is -2.48. The number of ether oxygens (including phenoxy) is 9. The minimum absolute atomic E-state index is 0.0123. The van der Waals surface area contributed by atoms with Crippen molar-refractivity contribution >= 4 is 5.78 Å². The predicted molar refractivity (Wildman–Crippen MR) is 189 cm³/mol. The van der Waals surface area contributed by atoms with Gasteiger partial charge in [0.25, 0.3) is 0 Å². The van der Waals surface area contributed by atoms with Gasteiger partial charge in [-0.15, -0.1) is 0 Å².